The molecule has 0 aromatic heterocycles. The topological polar surface area (TPSA) is 55.8 Å². The summed E-state index contributed by atoms with van der Waals surface area (Å²) in [5, 5.41) is 0. The van der Waals surface area contributed by atoms with Gasteiger partial charge in [-0.05, 0) is 49.9 Å². The second-order valence-electron chi connectivity index (χ2n) is 5.51. The fourth-order valence-electron chi connectivity index (χ4n) is 2.47. The predicted octanol–water partition coefficient (Wildman–Crippen LogP) is 2.11. The van der Waals surface area contributed by atoms with Crippen molar-refractivity contribution in [1.29, 1.82) is 0 Å². The molecular weight excluding hydrogens is 290 g/mol. The maximum Gasteiger partial charge on any atom is 0.246 e. The van der Waals surface area contributed by atoms with E-state index in [1.165, 1.54) is 11.4 Å². The molecule has 0 spiro atoms. The molecule has 0 aliphatic carbocycles. The third-order valence-corrected chi connectivity index (χ3v) is 5.80. The fourth-order valence-corrected chi connectivity index (χ4v) is 3.89. The van der Waals surface area contributed by atoms with Crippen molar-refractivity contribution < 1.29 is 17.9 Å². The van der Waals surface area contributed by atoms with Crippen molar-refractivity contribution in [2.24, 2.45) is 0 Å². The van der Waals surface area contributed by atoms with E-state index in [4.69, 9.17) is 9.47 Å². The second kappa shape index (κ2) is 6.34. The molecular formula is C15H23NO4S. The molecule has 0 amide bonds. The highest BCUT2D eigenvalue weighted by molar-refractivity contribution is 7.89. The number of sulfonamides is 1. The van der Waals surface area contributed by atoms with Crippen molar-refractivity contribution in [3.63, 3.8) is 0 Å². The van der Waals surface area contributed by atoms with Crippen LogP contribution in [0.4, 0.5) is 0 Å². The van der Waals surface area contributed by atoms with Gasteiger partial charge in [0.25, 0.3) is 0 Å². The van der Waals surface area contributed by atoms with Gasteiger partial charge in [0.05, 0.1) is 13.2 Å². The molecule has 0 saturated carbocycles. The zero-order valence-electron chi connectivity index (χ0n) is 13.0. The third-order valence-electron chi connectivity index (χ3n) is 3.95. The van der Waals surface area contributed by atoms with Crippen molar-refractivity contribution >= 4 is 10.0 Å². The van der Waals surface area contributed by atoms with Crippen LogP contribution in [0.1, 0.15) is 24.0 Å². The van der Waals surface area contributed by atoms with E-state index in [-0.39, 0.29) is 11.0 Å². The molecule has 118 valence electrons. The number of aryl methyl sites for hydroxylation is 2. The van der Waals surface area contributed by atoms with Gasteiger partial charge in [-0.2, -0.15) is 4.31 Å². The first-order valence-corrected chi connectivity index (χ1v) is 8.53. The summed E-state index contributed by atoms with van der Waals surface area (Å²) < 4.78 is 37.6. The van der Waals surface area contributed by atoms with Crippen molar-refractivity contribution in [2.45, 2.75) is 37.7 Å². The van der Waals surface area contributed by atoms with Gasteiger partial charge in [-0.25, -0.2) is 8.42 Å². The van der Waals surface area contributed by atoms with Crippen molar-refractivity contribution in [1.82, 2.24) is 4.31 Å². The van der Waals surface area contributed by atoms with Gasteiger partial charge in [0, 0.05) is 20.2 Å². The SMILES string of the molecule is COc1cc(C)c(C)cc1S(=O)(=O)N(C)CC1CCCO1. The molecule has 1 heterocycles. The maximum atomic E-state index is 12.8. The average Bonchev–Trinajstić information content (AvgIpc) is 2.94. The quantitative estimate of drug-likeness (QED) is 0.835. The van der Waals surface area contributed by atoms with E-state index in [0.717, 1.165) is 24.0 Å². The first-order valence-electron chi connectivity index (χ1n) is 7.09. The van der Waals surface area contributed by atoms with E-state index >= 15 is 0 Å². The van der Waals surface area contributed by atoms with Gasteiger partial charge in [-0.15, -0.1) is 0 Å². The van der Waals surface area contributed by atoms with Crippen molar-refractivity contribution in [3.8, 4) is 5.75 Å². The molecule has 1 aromatic carbocycles. The highest BCUT2D eigenvalue weighted by Gasteiger charge is 2.28. The standard InChI is InChI=1S/C15H23NO4S/c1-11-8-14(19-4)15(9-12(11)2)21(17,18)16(3)10-13-6-5-7-20-13/h8-9,13H,5-7,10H2,1-4H3. The minimum absolute atomic E-state index is 0.0117. The normalized spacial score (nSPS) is 19.2. The molecule has 1 aromatic rings. The molecule has 0 N–H and O–H groups in total. The Balaban J connectivity index is 2.31. The number of benzene rings is 1. The van der Waals surface area contributed by atoms with Gasteiger partial charge in [-0.1, -0.05) is 0 Å². The summed E-state index contributed by atoms with van der Waals surface area (Å²) >= 11 is 0. The monoisotopic (exact) mass is 313 g/mol. The summed E-state index contributed by atoms with van der Waals surface area (Å²) in [5.74, 6) is 0.386. The van der Waals surface area contributed by atoms with Crippen molar-refractivity contribution in [2.75, 3.05) is 27.3 Å². The molecule has 5 nitrogen and oxygen atoms in total. The van der Waals surface area contributed by atoms with E-state index in [9.17, 15) is 8.42 Å². The lowest BCUT2D eigenvalue weighted by Gasteiger charge is -2.22. The van der Waals surface area contributed by atoms with Crippen molar-refractivity contribution in [3.05, 3.63) is 23.3 Å². The maximum absolute atomic E-state index is 12.8. The lowest BCUT2D eigenvalue weighted by molar-refractivity contribution is 0.0978. The lowest BCUT2D eigenvalue weighted by Crippen LogP contribution is -2.34. The molecule has 1 fully saturated rings. The first kappa shape index (κ1) is 16.3. The Morgan fingerprint density at radius 1 is 1.33 bits per heavy atom. The second-order valence-corrected chi connectivity index (χ2v) is 7.52. The van der Waals surface area contributed by atoms with E-state index in [1.54, 1.807) is 19.2 Å². The molecule has 1 aliphatic heterocycles. The minimum Gasteiger partial charge on any atom is -0.495 e. The summed E-state index contributed by atoms with van der Waals surface area (Å²) in [6.45, 7) is 4.92. The number of likely N-dealkylation sites (N-methyl/N-ethyl adjacent to an activating group) is 1. The molecule has 1 unspecified atom stereocenters. The summed E-state index contributed by atoms with van der Waals surface area (Å²) in [6, 6.07) is 3.44. The van der Waals surface area contributed by atoms with E-state index < -0.39 is 10.0 Å². The van der Waals surface area contributed by atoms with E-state index in [1.807, 2.05) is 13.8 Å². The zero-order valence-corrected chi connectivity index (χ0v) is 13.9. The number of ether oxygens (including phenoxy) is 2. The Morgan fingerprint density at radius 2 is 2.00 bits per heavy atom. The van der Waals surface area contributed by atoms with Crippen LogP contribution in [0.3, 0.4) is 0 Å². The molecule has 1 aliphatic rings. The largest absolute Gasteiger partial charge is 0.495 e. The highest BCUT2D eigenvalue weighted by Crippen LogP contribution is 2.29. The smallest absolute Gasteiger partial charge is 0.246 e. The number of hydrogen-bond acceptors (Lipinski definition) is 4. The van der Waals surface area contributed by atoms with Crippen LogP contribution in [0.15, 0.2) is 17.0 Å². The van der Waals surface area contributed by atoms with Crippen LogP contribution >= 0.6 is 0 Å². The van der Waals surface area contributed by atoms with Gasteiger partial charge >= 0.3 is 0 Å². The molecule has 1 saturated heterocycles. The molecule has 21 heavy (non-hydrogen) atoms. The Hall–Kier alpha value is -1.11. The van der Waals surface area contributed by atoms with Gasteiger partial charge in [0.2, 0.25) is 10.0 Å². The van der Waals surface area contributed by atoms with Crippen LogP contribution in [-0.4, -0.2) is 46.1 Å². The summed E-state index contributed by atoms with van der Waals surface area (Å²) in [5.41, 5.74) is 1.94. The van der Waals surface area contributed by atoms with Gasteiger partial charge in [0.1, 0.15) is 10.6 Å². The van der Waals surface area contributed by atoms with E-state index in [0.29, 0.717) is 18.9 Å². The Labute approximate surface area is 126 Å². The predicted molar refractivity (Wildman–Crippen MR) is 81.3 cm³/mol. The number of rotatable bonds is 5. The summed E-state index contributed by atoms with van der Waals surface area (Å²) in [7, 11) is -0.502. The van der Waals surface area contributed by atoms with Crippen LogP contribution in [0.2, 0.25) is 0 Å². The summed E-state index contributed by atoms with van der Waals surface area (Å²) in [4.78, 5) is 0.216. The summed E-state index contributed by atoms with van der Waals surface area (Å²) in [6.07, 6.45) is 1.89. The molecule has 1 atom stereocenters. The third kappa shape index (κ3) is 3.39. The average molecular weight is 313 g/mol. The number of hydrogen-bond donors (Lipinski definition) is 0. The minimum atomic E-state index is -3.58. The van der Waals surface area contributed by atoms with Gasteiger partial charge < -0.3 is 9.47 Å². The zero-order chi connectivity index (χ0) is 15.6. The van der Waals surface area contributed by atoms with Crippen LogP contribution in [0.5, 0.6) is 5.75 Å². The molecule has 2 rings (SSSR count). The molecule has 6 heteroatoms. The van der Waals surface area contributed by atoms with Gasteiger partial charge in [0.15, 0.2) is 0 Å². The van der Waals surface area contributed by atoms with Crippen LogP contribution in [-0.2, 0) is 14.8 Å². The fraction of sp³-hybridized carbons (Fsp3) is 0.600. The first-order chi connectivity index (χ1) is 9.86. The van der Waals surface area contributed by atoms with Crippen LogP contribution in [0.25, 0.3) is 0 Å². The number of methoxy groups -OCH3 is 1. The number of nitrogens with zero attached hydrogens (tertiary/aromatic N) is 1. The Bertz CT molecular complexity index is 606. The van der Waals surface area contributed by atoms with Crippen LogP contribution < -0.4 is 4.74 Å². The Morgan fingerprint density at radius 3 is 2.57 bits per heavy atom. The highest BCUT2D eigenvalue weighted by atomic mass is 32.2. The van der Waals surface area contributed by atoms with Gasteiger partial charge in [-0.3, -0.25) is 0 Å². The van der Waals surface area contributed by atoms with E-state index in [2.05, 4.69) is 0 Å². The van der Waals surface area contributed by atoms with Crippen LogP contribution in [0, 0.1) is 13.8 Å². The molecule has 0 radical (unpaired) electrons. The lowest BCUT2D eigenvalue weighted by atomic mass is 10.1. The molecule has 0 bridgehead atoms. The Kier molecular flexibility index (Phi) is 4.91.